The smallest absolute Gasteiger partial charge is 0.353 e. The molecule has 0 radical (unpaired) electrons. The third-order valence-electron chi connectivity index (χ3n) is 3.85. The minimum Gasteiger partial charge on any atom is -0.493 e. The first kappa shape index (κ1) is 19.4. The van der Waals surface area contributed by atoms with E-state index in [0.29, 0.717) is 5.56 Å². The summed E-state index contributed by atoms with van der Waals surface area (Å²) >= 11 is 0. The van der Waals surface area contributed by atoms with Crippen LogP contribution >= 0.6 is 0 Å². The van der Waals surface area contributed by atoms with E-state index in [2.05, 4.69) is 5.32 Å². The molecule has 0 saturated heterocycles. The Bertz CT molecular complexity index is 790. The predicted octanol–water partition coefficient (Wildman–Crippen LogP) is 4.00. The first-order valence-corrected chi connectivity index (χ1v) is 8.01. The molecule has 1 unspecified atom stereocenters. The fourth-order valence-electron chi connectivity index (χ4n) is 2.34. The van der Waals surface area contributed by atoms with E-state index in [1.54, 1.807) is 13.0 Å². The molecule has 2 rings (SSSR count). The Morgan fingerprint density at radius 2 is 1.77 bits per heavy atom. The molecule has 2 aromatic rings. The number of anilines is 1. The molecule has 0 aromatic heterocycles. The number of carbonyl (C=O) groups excluding carboxylic acids is 1. The molecule has 0 fully saturated rings. The Balaban J connectivity index is 2.19. The minimum absolute atomic E-state index is 0.0548. The van der Waals surface area contributed by atoms with E-state index < -0.39 is 29.3 Å². The van der Waals surface area contributed by atoms with Crippen molar-refractivity contribution in [1.82, 2.24) is 0 Å². The van der Waals surface area contributed by atoms with Crippen LogP contribution in [-0.2, 0) is 15.5 Å². The highest BCUT2D eigenvalue weighted by atomic mass is 19.3. The fraction of sp³-hybridized carbons (Fsp3) is 0.263. The maximum atomic E-state index is 14.6. The molecule has 0 aliphatic rings. The zero-order valence-corrected chi connectivity index (χ0v) is 14.3. The van der Waals surface area contributed by atoms with Crippen molar-refractivity contribution in [2.75, 3.05) is 11.9 Å². The molecule has 1 atom stereocenters. The van der Waals surface area contributed by atoms with Gasteiger partial charge in [-0.25, -0.2) is 0 Å². The van der Waals surface area contributed by atoms with Gasteiger partial charge in [-0.1, -0.05) is 24.3 Å². The van der Waals surface area contributed by atoms with Crippen molar-refractivity contribution in [3.63, 3.8) is 0 Å². The number of carbonyl (C=O) groups is 2. The largest absolute Gasteiger partial charge is 0.493 e. The minimum atomic E-state index is -3.79. The van der Waals surface area contributed by atoms with Gasteiger partial charge in [0.15, 0.2) is 0 Å². The number of hydrogen-bond acceptors (Lipinski definition) is 3. The Kier molecular flexibility index (Phi) is 5.92. The summed E-state index contributed by atoms with van der Waals surface area (Å²) in [7, 11) is 0. The van der Waals surface area contributed by atoms with E-state index >= 15 is 0 Å². The van der Waals surface area contributed by atoms with Crippen molar-refractivity contribution in [2.24, 2.45) is 0 Å². The molecule has 0 aliphatic heterocycles. The molecular weight excluding hydrogens is 344 g/mol. The van der Waals surface area contributed by atoms with Gasteiger partial charge in [-0.15, -0.1) is 0 Å². The van der Waals surface area contributed by atoms with Crippen LogP contribution in [0.15, 0.2) is 48.5 Å². The second kappa shape index (κ2) is 7.95. The molecule has 2 aromatic carbocycles. The van der Waals surface area contributed by atoms with Crippen LogP contribution in [0.5, 0.6) is 5.75 Å². The SMILES string of the molecule is CCOc1ccccc1C(F)(F)C(=O)Nc1ccc(C(C)C(=O)O)cc1. The number of para-hydroxylation sites is 1. The van der Waals surface area contributed by atoms with Gasteiger partial charge in [-0.05, 0) is 43.7 Å². The molecule has 0 bridgehead atoms. The maximum Gasteiger partial charge on any atom is 0.353 e. The molecule has 138 valence electrons. The second-order valence-corrected chi connectivity index (χ2v) is 5.64. The number of amides is 1. The summed E-state index contributed by atoms with van der Waals surface area (Å²) in [5.41, 5.74) is 0.129. The molecule has 0 spiro atoms. The van der Waals surface area contributed by atoms with E-state index in [-0.39, 0.29) is 18.0 Å². The van der Waals surface area contributed by atoms with Gasteiger partial charge >= 0.3 is 11.9 Å². The van der Waals surface area contributed by atoms with Crippen molar-refractivity contribution in [3.05, 3.63) is 59.7 Å². The van der Waals surface area contributed by atoms with Crippen LogP contribution in [0.25, 0.3) is 0 Å². The molecule has 0 saturated carbocycles. The number of rotatable bonds is 7. The number of carboxylic acid groups (broad SMARTS) is 1. The highest BCUT2D eigenvalue weighted by molar-refractivity contribution is 5.97. The highest BCUT2D eigenvalue weighted by Gasteiger charge is 2.43. The zero-order chi connectivity index (χ0) is 19.3. The molecule has 5 nitrogen and oxygen atoms in total. The van der Waals surface area contributed by atoms with Crippen LogP contribution in [0, 0.1) is 0 Å². The Hall–Kier alpha value is -2.96. The number of carboxylic acids is 1. The summed E-state index contributed by atoms with van der Waals surface area (Å²) < 4.78 is 34.3. The lowest BCUT2D eigenvalue weighted by atomic mass is 10.0. The van der Waals surface area contributed by atoms with Crippen molar-refractivity contribution >= 4 is 17.6 Å². The third-order valence-corrected chi connectivity index (χ3v) is 3.85. The number of nitrogens with one attached hydrogen (secondary N) is 1. The van der Waals surface area contributed by atoms with Gasteiger partial charge in [-0.3, -0.25) is 9.59 Å². The number of halogens is 2. The Morgan fingerprint density at radius 3 is 2.35 bits per heavy atom. The van der Waals surface area contributed by atoms with Crippen molar-refractivity contribution in [1.29, 1.82) is 0 Å². The first-order valence-electron chi connectivity index (χ1n) is 8.01. The lowest BCUT2D eigenvalue weighted by molar-refractivity contribution is -0.141. The average molecular weight is 363 g/mol. The van der Waals surface area contributed by atoms with Crippen molar-refractivity contribution in [3.8, 4) is 5.75 Å². The number of alkyl halides is 2. The second-order valence-electron chi connectivity index (χ2n) is 5.64. The molecule has 0 aliphatic carbocycles. The third kappa shape index (κ3) is 4.17. The van der Waals surface area contributed by atoms with Gasteiger partial charge in [0.2, 0.25) is 0 Å². The molecule has 26 heavy (non-hydrogen) atoms. The van der Waals surface area contributed by atoms with Gasteiger partial charge in [-0.2, -0.15) is 8.78 Å². The molecule has 7 heteroatoms. The molecule has 2 N–H and O–H groups in total. The maximum absolute atomic E-state index is 14.6. The Morgan fingerprint density at radius 1 is 1.15 bits per heavy atom. The van der Waals surface area contributed by atoms with Gasteiger partial charge < -0.3 is 15.2 Å². The quantitative estimate of drug-likeness (QED) is 0.780. The molecule has 1 amide bonds. The van der Waals surface area contributed by atoms with Gasteiger partial charge in [0.1, 0.15) is 5.75 Å². The topological polar surface area (TPSA) is 75.6 Å². The summed E-state index contributed by atoms with van der Waals surface area (Å²) in [6, 6.07) is 11.2. The van der Waals surface area contributed by atoms with Crippen molar-refractivity contribution < 1.29 is 28.2 Å². The van der Waals surface area contributed by atoms with E-state index in [4.69, 9.17) is 9.84 Å². The normalized spacial score (nSPS) is 12.3. The standard InChI is InChI=1S/C19H19F2NO4/c1-3-26-16-7-5-4-6-15(16)19(20,21)18(25)22-14-10-8-13(9-11-14)12(2)17(23)24/h4-12H,3H2,1-2H3,(H,22,25)(H,23,24). The van der Waals surface area contributed by atoms with Crippen LogP contribution in [0.2, 0.25) is 0 Å². The van der Waals surface area contributed by atoms with Crippen molar-refractivity contribution in [2.45, 2.75) is 25.7 Å². The van der Waals surface area contributed by atoms with Crippen LogP contribution in [0.3, 0.4) is 0 Å². The summed E-state index contributed by atoms with van der Waals surface area (Å²) in [6.45, 7) is 3.36. The van der Waals surface area contributed by atoms with E-state index in [0.717, 1.165) is 6.07 Å². The van der Waals surface area contributed by atoms with Crippen LogP contribution in [0.1, 0.15) is 30.9 Å². The van der Waals surface area contributed by atoms with E-state index in [1.807, 2.05) is 0 Å². The summed E-state index contributed by atoms with van der Waals surface area (Å²) in [5.74, 6) is -7.08. The van der Waals surface area contributed by atoms with Crippen LogP contribution < -0.4 is 10.1 Å². The van der Waals surface area contributed by atoms with Gasteiger partial charge in [0.25, 0.3) is 5.91 Å². The Labute approximate surface area is 149 Å². The molecule has 0 heterocycles. The zero-order valence-electron chi connectivity index (χ0n) is 14.3. The fourth-order valence-corrected chi connectivity index (χ4v) is 2.34. The van der Waals surface area contributed by atoms with E-state index in [1.165, 1.54) is 43.3 Å². The number of aliphatic carboxylic acids is 1. The summed E-state index contributed by atoms with van der Waals surface area (Å²) in [6.07, 6.45) is 0. The van der Waals surface area contributed by atoms with E-state index in [9.17, 15) is 18.4 Å². The van der Waals surface area contributed by atoms with Crippen LogP contribution in [0.4, 0.5) is 14.5 Å². The first-order chi connectivity index (χ1) is 12.3. The number of ether oxygens (including phenoxy) is 1. The summed E-state index contributed by atoms with van der Waals surface area (Å²) in [4.78, 5) is 23.1. The highest BCUT2D eigenvalue weighted by Crippen LogP contribution is 2.36. The summed E-state index contributed by atoms with van der Waals surface area (Å²) in [5, 5.41) is 11.1. The monoisotopic (exact) mass is 363 g/mol. The van der Waals surface area contributed by atoms with Gasteiger partial charge in [0, 0.05) is 5.69 Å². The predicted molar refractivity (Wildman–Crippen MR) is 92.6 cm³/mol. The molecular formula is C19H19F2NO4. The van der Waals surface area contributed by atoms with Crippen LogP contribution in [-0.4, -0.2) is 23.6 Å². The average Bonchev–Trinajstić information content (AvgIpc) is 2.62. The lowest BCUT2D eigenvalue weighted by Crippen LogP contribution is -2.32. The number of benzene rings is 2. The number of hydrogen-bond donors (Lipinski definition) is 2. The van der Waals surface area contributed by atoms with Gasteiger partial charge in [0.05, 0.1) is 18.1 Å². The lowest BCUT2D eigenvalue weighted by Gasteiger charge is -2.19.